The number of carbonyl (C=O) groups is 2. The van der Waals surface area contributed by atoms with Gasteiger partial charge in [-0.3, -0.25) is 14.2 Å². The van der Waals surface area contributed by atoms with Gasteiger partial charge >= 0.3 is 11.8 Å². The molecule has 0 aromatic carbocycles. The monoisotopic (exact) mass is 453 g/mol. The molecule has 8 heteroatoms. The normalized spacial score (nSPS) is 37.5. The van der Waals surface area contributed by atoms with Gasteiger partial charge in [-0.05, 0) is 71.6 Å². The average Bonchev–Trinajstić information content (AvgIpc) is 3.35. The topological polar surface area (TPSA) is 104 Å². The smallest absolute Gasteiger partial charge is 0.381 e. The van der Waals surface area contributed by atoms with Crippen molar-refractivity contribution in [3.05, 3.63) is 39.9 Å². The summed E-state index contributed by atoms with van der Waals surface area (Å²) >= 11 is 0. The predicted octanol–water partition coefficient (Wildman–Crippen LogP) is 4.71. The maximum atomic E-state index is 12.1. The van der Waals surface area contributed by atoms with E-state index in [1.807, 2.05) is 0 Å². The number of nitro groups is 1. The number of nitrogens with zero attached hydrogens (tertiary/aromatic N) is 3. The summed E-state index contributed by atoms with van der Waals surface area (Å²) in [5.41, 5.74) is 2.94. The van der Waals surface area contributed by atoms with E-state index in [0.717, 1.165) is 56.1 Å². The van der Waals surface area contributed by atoms with Crippen molar-refractivity contribution >= 4 is 23.8 Å². The lowest BCUT2D eigenvalue weighted by Gasteiger charge is -2.57. The van der Waals surface area contributed by atoms with E-state index in [4.69, 9.17) is 4.74 Å². The number of aldehydes is 1. The molecule has 2 saturated carbocycles. The molecule has 2 fully saturated rings. The zero-order valence-corrected chi connectivity index (χ0v) is 19.5. The lowest BCUT2D eigenvalue weighted by atomic mass is 9.47. The summed E-state index contributed by atoms with van der Waals surface area (Å²) in [5, 5.41) is 11.2. The quantitative estimate of drug-likeness (QED) is 0.215. The number of fused-ring (bicyclic) bond motifs is 5. The Morgan fingerprint density at radius 3 is 2.67 bits per heavy atom. The number of aromatic nitrogens is 2. The molecule has 1 aromatic heterocycles. The minimum absolute atomic E-state index is 0.0225. The minimum atomic E-state index is -0.496. The van der Waals surface area contributed by atoms with E-state index in [0.29, 0.717) is 24.2 Å². The van der Waals surface area contributed by atoms with Crippen LogP contribution in [0.1, 0.15) is 65.7 Å². The lowest BCUT2D eigenvalue weighted by Crippen LogP contribution is -2.50. The van der Waals surface area contributed by atoms with Crippen LogP contribution in [-0.2, 0) is 14.3 Å². The van der Waals surface area contributed by atoms with Crippen molar-refractivity contribution in [3.63, 3.8) is 0 Å². The average molecular weight is 454 g/mol. The molecule has 0 radical (unpaired) electrons. The van der Waals surface area contributed by atoms with Crippen molar-refractivity contribution in [1.82, 2.24) is 9.55 Å². The molecule has 33 heavy (non-hydrogen) atoms. The van der Waals surface area contributed by atoms with Crippen LogP contribution < -0.4 is 0 Å². The fourth-order valence-electron chi connectivity index (χ4n) is 7.75. The number of esters is 1. The van der Waals surface area contributed by atoms with Gasteiger partial charge in [0.1, 0.15) is 18.6 Å². The molecular formula is C25H31N3O5. The van der Waals surface area contributed by atoms with Crippen molar-refractivity contribution in [2.45, 2.75) is 71.8 Å². The van der Waals surface area contributed by atoms with E-state index in [9.17, 15) is 19.7 Å². The minimum Gasteiger partial charge on any atom is -0.462 e. The fraction of sp³-hybridized carbons (Fsp3) is 0.640. The van der Waals surface area contributed by atoms with Crippen molar-refractivity contribution in [2.24, 2.45) is 28.6 Å². The summed E-state index contributed by atoms with van der Waals surface area (Å²) in [6, 6.07) is 0. The lowest BCUT2D eigenvalue weighted by molar-refractivity contribution is -0.389. The van der Waals surface area contributed by atoms with Gasteiger partial charge in [-0.2, -0.15) is 0 Å². The highest BCUT2D eigenvalue weighted by Gasteiger charge is 2.58. The molecule has 1 aromatic rings. The number of carbonyl (C=O) groups excluding carboxylic acids is 2. The fourth-order valence-corrected chi connectivity index (χ4v) is 7.75. The third-order valence-corrected chi connectivity index (χ3v) is 9.22. The van der Waals surface area contributed by atoms with Gasteiger partial charge in [0.05, 0.1) is 0 Å². The molecule has 0 spiro atoms. The molecule has 0 aliphatic heterocycles. The molecular weight excluding hydrogens is 422 g/mol. The third kappa shape index (κ3) is 3.28. The second-order valence-corrected chi connectivity index (χ2v) is 10.8. The molecule has 5 rings (SSSR count). The highest BCUT2D eigenvalue weighted by atomic mass is 16.6. The summed E-state index contributed by atoms with van der Waals surface area (Å²) in [6.45, 7) is 6.08. The molecule has 6 atom stereocenters. The van der Waals surface area contributed by atoms with Crippen LogP contribution in [-0.4, -0.2) is 32.8 Å². The van der Waals surface area contributed by atoms with Crippen molar-refractivity contribution in [2.75, 3.05) is 0 Å². The Labute approximate surface area is 193 Å². The number of hydrogen-bond acceptors (Lipinski definition) is 6. The first-order chi connectivity index (χ1) is 15.7. The molecule has 0 saturated heterocycles. The molecule has 4 aliphatic carbocycles. The van der Waals surface area contributed by atoms with Crippen LogP contribution in [0.5, 0.6) is 0 Å². The van der Waals surface area contributed by atoms with Crippen molar-refractivity contribution in [1.29, 1.82) is 0 Å². The third-order valence-electron chi connectivity index (χ3n) is 9.22. The van der Waals surface area contributed by atoms with Gasteiger partial charge < -0.3 is 14.9 Å². The van der Waals surface area contributed by atoms with Gasteiger partial charge in [0, 0.05) is 30.0 Å². The molecule has 0 bridgehead atoms. The molecule has 4 aliphatic rings. The largest absolute Gasteiger partial charge is 0.462 e. The first-order valence-corrected chi connectivity index (χ1v) is 11.9. The van der Waals surface area contributed by atoms with Gasteiger partial charge in [-0.25, -0.2) is 0 Å². The number of rotatable bonds is 4. The zero-order valence-electron chi connectivity index (χ0n) is 19.5. The van der Waals surface area contributed by atoms with Gasteiger partial charge in [0.25, 0.3) is 0 Å². The Morgan fingerprint density at radius 2 is 2.00 bits per heavy atom. The summed E-state index contributed by atoms with van der Waals surface area (Å²) in [6.07, 6.45) is 12.6. The Balaban J connectivity index is 1.46. The molecule has 8 nitrogen and oxygen atoms in total. The van der Waals surface area contributed by atoms with E-state index in [1.54, 1.807) is 4.57 Å². The maximum Gasteiger partial charge on any atom is 0.381 e. The zero-order chi connectivity index (χ0) is 23.5. The van der Waals surface area contributed by atoms with Crippen LogP contribution in [0, 0.1) is 38.7 Å². The Bertz CT molecular complexity index is 1090. The van der Waals surface area contributed by atoms with Crippen LogP contribution in [0.2, 0.25) is 0 Å². The summed E-state index contributed by atoms with van der Waals surface area (Å²) in [4.78, 5) is 38.2. The maximum absolute atomic E-state index is 12.1. The van der Waals surface area contributed by atoms with E-state index >= 15 is 0 Å². The highest BCUT2D eigenvalue weighted by Crippen LogP contribution is 2.66. The number of hydrogen-bond donors (Lipinski definition) is 0. The van der Waals surface area contributed by atoms with Crippen molar-refractivity contribution < 1.29 is 19.2 Å². The van der Waals surface area contributed by atoms with Crippen molar-refractivity contribution in [3.8, 4) is 0 Å². The Hall–Kier alpha value is -2.77. The van der Waals surface area contributed by atoms with Crippen LogP contribution in [0.25, 0.3) is 5.70 Å². The van der Waals surface area contributed by atoms with Crippen LogP contribution in [0.3, 0.4) is 0 Å². The predicted molar refractivity (Wildman–Crippen MR) is 121 cm³/mol. The Morgan fingerprint density at radius 1 is 1.24 bits per heavy atom. The number of allylic oxidation sites excluding steroid dienone is 3. The second kappa shape index (κ2) is 7.64. The molecule has 1 heterocycles. The van der Waals surface area contributed by atoms with Crippen LogP contribution >= 0.6 is 0 Å². The first kappa shape index (κ1) is 22.0. The number of ether oxygens (including phenoxy) is 1. The first-order valence-electron chi connectivity index (χ1n) is 11.9. The van der Waals surface area contributed by atoms with Gasteiger partial charge in [0.2, 0.25) is 6.33 Å². The van der Waals surface area contributed by atoms with E-state index in [1.165, 1.54) is 25.0 Å². The molecule has 176 valence electrons. The van der Waals surface area contributed by atoms with Gasteiger partial charge in [0.15, 0.2) is 0 Å². The Kier molecular flexibility index (Phi) is 5.10. The van der Waals surface area contributed by atoms with Gasteiger partial charge in [-0.15, -0.1) is 0 Å². The summed E-state index contributed by atoms with van der Waals surface area (Å²) < 4.78 is 7.26. The second-order valence-electron chi connectivity index (χ2n) is 10.8. The molecule has 0 amide bonds. The van der Waals surface area contributed by atoms with Gasteiger partial charge in [-0.1, -0.05) is 25.5 Å². The standard InChI is InChI=1S/C25H31N3O5/c1-15(30)33-18-6-8-24(2)17(11-18)4-5-19-20(24)7-9-25(3)21(19)10-16(13-29)23(25)27-12-22(26-14-27)28(31)32/h4,12-14,18-21H,5-11H2,1-3H3/t18-,19?,20?,21?,24-,25-/m0/s1. The van der Waals surface area contributed by atoms with E-state index in [-0.39, 0.29) is 28.7 Å². The van der Waals surface area contributed by atoms with E-state index in [2.05, 4.69) is 24.9 Å². The SMILES string of the molecule is CC(=O)O[C@H]1CC[C@@]2(C)C(=CCC3C2CC[C@]2(C)C(n4cnc([N+](=O)[O-])c4)=C(C=O)CC32)C1. The van der Waals surface area contributed by atoms with Crippen LogP contribution in [0.4, 0.5) is 5.82 Å². The summed E-state index contributed by atoms with van der Waals surface area (Å²) in [7, 11) is 0. The highest BCUT2D eigenvalue weighted by molar-refractivity contribution is 5.86. The van der Waals surface area contributed by atoms with Crippen LogP contribution in [0.15, 0.2) is 29.7 Å². The molecule has 0 N–H and O–H groups in total. The van der Waals surface area contributed by atoms with E-state index < -0.39 is 4.92 Å². The number of imidazole rings is 1. The molecule has 3 unspecified atom stereocenters. The summed E-state index contributed by atoms with van der Waals surface area (Å²) in [5.74, 6) is 0.883.